The molecule has 5 aromatic carbocycles. The van der Waals surface area contributed by atoms with E-state index in [9.17, 15) is 9.59 Å². The van der Waals surface area contributed by atoms with Gasteiger partial charge in [0.05, 0.1) is 52.4 Å². The van der Waals surface area contributed by atoms with E-state index in [0.29, 0.717) is 43.3 Å². The van der Waals surface area contributed by atoms with Gasteiger partial charge < -0.3 is 23.7 Å². The van der Waals surface area contributed by atoms with Crippen molar-refractivity contribution in [2.24, 2.45) is 0 Å². The molecule has 0 aromatic heterocycles. The molecule has 7 atom stereocenters. The molecule has 4 aliphatic rings. The maximum Gasteiger partial charge on any atom is 0.512 e. The highest BCUT2D eigenvalue weighted by Crippen LogP contribution is 2.55. The van der Waals surface area contributed by atoms with Gasteiger partial charge in [-0.15, -0.1) is 0 Å². The fourth-order valence-corrected chi connectivity index (χ4v) is 10.6. The molecule has 0 amide bonds. The summed E-state index contributed by atoms with van der Waals surface area (Å²) in [6.45, 7) is 7.20. The Bertz CT molecular complexity index is 2460. The van der Waals surface area contributed by atoms with Crippen LogP contribution in [0.2, 0.25) is 10.0 Å². The minimum atomic E-state index is -0.652. The first kappa shape index (κ1) is 39.4. The molecule has 304 valence electrons. The smallest absolute Gasteiger partial charge is 0.457 e. The predicted octanol–water partition coefficient (Wildman–Crippen LogP) is 11.3. The van der Waals surface area contributed by atoms with E-state index < -0.39 is 18.4 Å². The quantitative estimate of drug-likeness (QED) is 0.114. The zero-order chi connectivity index (χ0) is 41.1. The van der Waals surface area contributed by atoms with E-state index in [1.165, 1.54) is 0 Å². The average molecular weight is 836 g/mol. The summed E-state index contributed by atoms with van der Waals surface area (Å²) in [5.41, 5.74) is 6.31. The Hall–Kier alpha value is -5.06. The Balaban J connectivity index is 0.998. The number of para-hydroxylation sites is 2. The van der Waals surface area contributed by atoms with Crippen molar-refractivity contribution in [3.8, 4) is 34.1 Å². The summed E-state index contributed by atoms with van der Waals surface area (Å²) < 4.78 is 31.6. The van der Waals surface area contributed by atoms with Gasteiger partial charge >= 0.3 is 12.1 Å². The number of likely N-dealkylation sites (N-methyl/N-ethyl adjacent to an activating group) is 2. The first-order valence-electron chi connectivity index (χ1n) is 20.4. The average Bonchev–Trinajstić information content (AvgIpc) is 3.70. The number of likely N-dealkylation sites (tertiary alicyclic amines) is 2. The van der Waals surface area contributed by atoms with Crippen molar-refractivity contribution in [1.82, 2.24) is 0 Å². The second-order valence-corrected chi connectivity index (χ2v) is 17.8. The van der Waals surface area contributed by atoms with Crippen LogP contribution >= 0.6 is 23.2 Å². The largest absolute Gasteiger partial charge is 0.512 e. The number of fused-ring (bicyclic) bond motifs is 10. The summed E-state index contributed by atoms with van der Waals surface area (Å²) in [6, 6.07) is 33.6. The molecule has 5 aromatic rings. The lowest BCUT2D eigenvalue weighted by Crippen LogP contribution is -2.52. The number of carbonyl (C=O) groups is 2. The summed E-state index contributed by atoms with van der Waals surface area (Å²) in [7, 11) is 4.29. The van der Waals surface area contributed by atoms with Crippen LogP contribution in [0, 0.1) is 0 Å². The first-order chi connectivity index (χ1) is 28.5. The number of nitrogens with zero attached hydrogens (tertiary/aromatic N) is 2. The third kappa shape index (κ3) is 7.33. The molecule has 4 heterocycles. The molecule has 0 N–H and O–H groups in total. The van der Waals surface area contributed by atoms with Crippen molar-refractivity contribution in [3.05, 3.63) is 141 Å². The third-order valence-electron chi connectivity index (χ3n) is 12.9. The van der Waals surface area contributed by atoms with Crippen LogP contribution in [0.5, 0.6) is 23.0 Å². The molecule has 0 saturated carbocycles. The summed E-state index contributed by atoms with van der Waals surface area (Å²) in [4.78, 5) is 26.5. The molecule has 0 bridgehead atoms. The van der Waals surface area contributed by atoms with E-state index in [-0.39, 0.29) is 37.0 Å². The minimum Gasteiger partial charge on any atom is -0.457 e. The molecule has 9 nitrogen and oxygen atoms in total. The Kier molecular flexibility index (Phi) is 10.4. The molecule has 9 rings (SSSR count). The molecular weight excluding hydrogens is 787 g/mol. The van der Waals surface area contributed by atoms with Crippen molar-refractivity contribution in [2.45, 2.75) is 50.2 Å². The fourth-order valence-electron chi connectivity index (χ4n) is 10.2. The number of hydrogen-bond donors (Lipinski definition) is 0. The fraction of sp³-hybridized carbons (Fsp3) is 0.333. The Morgan fingerprint density at radius 2 is 1.31 bits per heavy atom. The van der Waals surface area contributed by atoms with Gasteiger partial charge in [-0.05, 0) is 67.1 Å². The minimum absolute atomic E-state index is 0.00327. The van der Waals surface area contributed by atoms with Crippen molar-refractivity contribution >= 4 is 35.3 Å². The van der Waals surface area contributed by atoms with Gasteiger partial charge in [0.1, 0.15) is 23.0 Å². The molecule has 11 heteroatoms. The number of hydrogen-bond acceptors (Lipinski definition) is 7. The van der Waals surface area contributed by atoms with E-state index in [2.05, 4.69) is 26.2 Å². The van der Waals surface area contributed by atoms with Crippen LogP contribution in [-0.2, 0) is 14.2 Å². The third-order valence-corrected chi connectivity index (χ3v) is 13.3. The highest BCUT2D eigenvalue weighted by molar-refractivity contribution is 6.31. The second kappa shape index (κ2) is 15.5. The molecular formula is C48H48Cl2N2O7+2. The monoisotopic (exact) mass is 834 g/mol. The number of esters is 1. The van der Waals surface area contributed by atoms with E-state index in [1.807, 2.05) is 91.9 Å². The molecule has 0 spiro atoms. The topological polar surface area (TPSA) is 80.3 Å². The van der Waals surface area contributed by atoms with Gasteiger partial charge in [-0.2, -0.15) is 0 Å². The number of rotatable bonds is 8. The normalized spacial score (nSPS) is 25.2. The van der Waals surface area contributed by atoms with Gasteiger partial charge in [0.2, 0.25) is 13.0 Å². The van der Waals surface area contributed by atoms with E-state index >= 15 is 0 Å². The zero-order valence-corrected chi connectivity index (χ0v) is 35.2. The van der Waals surface area contributed by atoms with Crippen LogP contribution in [0.25, 0.3) is 11.1 Å². The van der Waals surface area contributed by atoms with Crippen LogP contribution in [0.4, 0.5) is 4.79 Å². The Morgan fingerprint density at radius 1 is 0.678 bits per heavy atom. The van der Waals surface area contributed by atoms with E-state index in [4.69, 9.17) is 46.9 Å². The lowest BCUT2D eigenvalue weighted by molar-refractivity contribution is -0.943. The lowest BCUT2D eigenvalue weighted by atomic mass is 9.83. The van der Waals surface area contributed by atoms with E-state index in [0.717, 1.165) is 70.3 Å². The molecule has 7 unspecified atom stereocenters. The number of ether oxygens (including phenoxy) is 5. The maximum atomic E-state index is 14.0. The van der Waals surface area contributed by atoms with E-state index in [1.54, 1.807) is 13.0 Å². The van der Waals surface area contributed by atoms with Gasteiger partial charge in [0, 0.05) is 68.0 Å². The van der Waals surface area contributed by atoms with Gasteiger partial charge in [-0.1, -0.05) is 78.7 Å². The highest BCUT2D eigenvalue weighted by atomic mass is 35.5. The van der Waals surface area contributed by atoms with Crippen molar-refractivity contribution < 1.29 is 42.2 Å². The van der Waals surface area contributed by atoms with Crippen LogP contribution in [0.15, 0.2) is 103 Å². The molecule has 0 radical (unpaired) electrons. The summed E-state index contributed by atoms with van der Waals surface area (Å²) >= 11 is 13.5. The Morgan fingerprint density at radius 3 is 2.02 bits per heavy atom. The van der Waals surface area contributed by atoms with Crippen LogP contribution in [-0.4, -0.2) is 80.9 Å². The van der Waals surface area contributed by atoms with Crippen molar-refractivity contribution in [3.63, 3.8) is 0 Å². The summed E-state index contributed by atoms with van der Waals surface area (Å²) in [6.07, 6.45) is -0.411. The van der Waals surface area contributed by atoms with Gasteiger partial charge in [0.25, 0.3) is 0 Å². The molecule has 59 heavy (non-hydrogen) atoms. The predicted molar refractivity (Wildman–Crippen MR) is 227 cm³/mol. The lowest BCUT2D eigenvalue weighted by Gasteiger charge is -2.36. The second-order valence-electron chi connectivity index (χ2n) is 16.9. The number of halogens is 2. The molecule has 0 aliphatic carbocycles. The molecule has 2 saturated heterocycles. The van der Waals surface area contributed by atoms with Crippen molar-refractivity contribution in [1.29, 1.82) is 0 Å². The summed E-state index contributed by atoms with van der Waals surface area (Å²) in [5, 5.41) is 1.23. The van der Waals surface area contributed by atoms with Crippen LogP contribution < -0.4 is 9.47 Å². The number of carbonyl (C=O) groups excluding carboxylic acids is 2. The van der Waals surface area contributed by atoms with Gasteiger partial charge in [-0.25, -0.2) is 9.59 Å². The summed E-state index contributed by atoms with van der Waals surface area (Å²) in [5.74, 6) is 3.10. The Labute approximate surface area is 355 Å². The standard InChI is InChI=1S/C48H48Cl2N2O7/c1-5-45(59-48(54)55-6-2)52(4)26-40-34-15-8-10-17-43(34)58-46-35(22-32(50)23-37(46)41(40)27-52)29-12-11-13-30(20-29)47(53)56-28-51(3)24-38-33-14-7-9-16-42(33)57-44-19-18-31(49)21-36(44)39(38)25-51/h7-23,38-41,45H,5-6,24-28H2,1-4H3/q+2. The number of quaternary nitrogens is 2. The molecule has 4 aliphatic heterocycles. The highest BCUT2D eigenvalue weighted by Gasteiger charge is 2.52. The first-order valence-corrected chi connectivity index (χ1v) is 21.2. The van der Waals surface area contributed by atoms with Crippen molar-refractivity contribution in [2.75, 3.05) is 53.6 Å². The van der Waals surface area contributed by atoms with Gasteiger partial charge in [0.15, 0.2) is 0 Å². The van der Waals surface area contributed by atoms with Gasteiger partial charge in [-0.3, -0.25) is 8.97 Å². The SMILES string of the molecule is CCOC(=O)OC(CC)[N+]1(C)CC2c3ccccc3Oc3c(-c4cccc(C(=O)OC[N+]5(C)CC6c7ccccc7Oc7ccc(Cl)cc7C6C5)c4)cc(Cl)cc3C2C1. The molecule has 2 fully saturated rings. The number of benzene rings is 5. The van der Waals surface area contributed by atoms with Crippen LogP contribution in [0.1, 0.15) is 76.6 Å². The van der Waals surface area contributed by atoms with Crippen LogP contribution in [0.3, 0.4) is 0 Å². The zero-order valence-electron chi connectivity index (χ0n) is 33.7. The maximum absolute atomic E-state index is 14.0.